The molecular formula is C18H7Cl3F7N. The Hall–Kier alpha value is -1.95. The fourth-order valence-electron chi connectivity index (χ4n) is 2.40. The summed E-state index contributed by atoms with van der Waals surface area (Å²) in [7, 11) is 0. The number of nitrogens with zero attached hydrogens (tertiary/aromatic N) is 1. The van der Waals surface area contributed by atoms with E-state index in [0.29, 0.717) is 6.07 Å². The van der Waals surface area contributed by atoms with Crippen LogP contribution >= 0.6 is 34.8 Å². The monoisotopic (exact) mass is 475 g/mol. The highest BCUT2D eigenvalue weighted by Gasteiger charge is 2.40. The normalized spacial score (nSPS) is 13.9. The van der Waals surface area contributed by atoms with Crippen LogP contribution in [0.15, 0.2) is 36.4 Å². The number of allylic oxidation sites excluding steroid dienone is 1. The van der Waals surface area contributed by atoms with E-state index in [9.17, 15) is 30.7 Å². The Morgan fingerprint density at radius 2 is 1.52 bits per heavy atom. The average Bonchev–Trinajstić information content (AvgIpc) is 2.61. The van der Waals surface area contributed by atoms with Crippen LogP contribution in [0.1, 0.15) is 28.2 Å². The molecule has 0 spiro atoms. The minimum atomic E-state index is -5.02. The molecule has 0 aliphatic heterocycles. The largest absolute Gasteiger partial charge is 0.417 e. The van der Waals surface area contributed by atoms with Gasteiger partial charge in [0.2, 0.25) is 0 Å². The van der Waals surface area contributed by atoms with Gasteiger partial charge in [-0.1, -0.05) is 40.9 Å². The van der Waals surface area contributed by atoms with Crippen LogP contribution in [-0.2, 0) is 6.18 Å². The zero-order valence-electron chi connectivity index (χ0n) is 13.8. The van der Waals surface area contributed by atoms with Crippen LogP contribution in [0.3, 0.4) is 0 Å². The number of hydrogen-bond donors (Lipinski definition) is 0. The summed E-state index contributed by atoms with van der Waals surface area (Å²) in [6, 6.07) is 4.66. The molecule has 0 radical (unpaired) electrons. The predicted molar refractivity (Wildman–Crippen MR) is 95.5 cm³/mol. The molecule has 29 heavy (non-hydrogen) atoms. The highest BCUT2D eigenvalue weighted by atomic mass is 35.5. The highest BCUT2D eigenvalue weighted by molar-refractivity contribution is 6.48. The van der Waals surface area contributed by atoms with Gasteiger partial charge in [-0.25, -0.2) is 4.39 Å². The Morgan fingerprint density at radius 3 is 1.97 bits per heavy atom. The van der Waals surface area contributed by atoms with Gasteiger partial charge in [0, 0.05) is 5.56 Å². The molecule has 11 heteroatoms. The van der Waals surface area contributed by atoms with Crippen LogP contribution in [0.2, 0.25) is 15.1 Å². The molecule has 0 aromatic heterocycles. The molecule has 0 saturated carbocycles. The number of halogens is 10. The van der Waals surface area contributed by atoms with Crippen LogP contribution in [-0.4, -0.2) is 6.18 Å². The third-order valence-electron chi connectivity index (χ3n) is 3.75. The lowest BCUT2D eigenvalue weighted by Gasteiger charge is -2.19. The molecule has 0 fully saturated rings. The second kappa shape index (κ2) is 8.42. The molecule has 0 aliphatic carbocycles. The van der Waals surface area contributed by atoms with E-state index in [4.69, 9.17) is 40.1 Å². The second-order valence-electron chi connectivity index (χ2n) is 5.70. The van der Waals surface area contributed by atoms with Crippen molar-refractivity contribution in [2.45, 2.75) is 18.3 Å². The highest BCUT2D eigenvalue weighted by Crippen LogP contribution is 2.42. The van der Waals surface area contributed by atoms with Crippen LogP contribution in [0.25, 0.3) is 5.83 Å². The van der Waals surface area contributed by atoms with Crippen molar-refractivity contribution >= 4 is 40.6 Å². The molecule has 0 heterocycles. The first-order chi connectivity index (χ1) is 13.3. The molecule has 0 amide bonds. The number of alkyl halides is 6. The van der Waals surface area contributed by atoms with Crippen molar-refractivity contribution in [1.82, 2.24) is 0 Å². The molecule has 0 N–H and O–H groups in total. The van der Waals surface area contributed by atoms with Gasteiger partial charge >= 0.3 is 12.4 Å². The van der Waals surface area contributed by atoms with Crippen LogP contribution in [0, 0.1) is 11.3 Å². The third kappa shape index (κ3) is 5.35. The zero-order valence-corrected chi connectivity index (χ0v) is 16.0. The number of nitriles is 1. The lowest BCUT2D eigenvalue weighted by molar-refractivity contribution is -0.140. The van der Waals surface area contributed by atoms with Crippen LogP contribution in [0.4, 0.5) is 30.7 Å². The van der Waals surface area contributed by atoms with Crippen molar-refractivity contribution in [3.63, 3.8) is 0 Å². The SMILES string of the molecule is N#Cc1ccc(/C(F)=C/C(c2cc(Cl)c(Cl)c(Cl)c2)C(F)(F)F)cc1C(F)(F)F. The Labute approximate surface area is 174 Å². The molecule has 2 aromatic rings. The topological polar surface area (TPSA) is 23.8 Å². The van der Waals surface area contributed by atoms with E-state index in [1.807, 2.05) is 0 Å². The quantitative estimate of drug-likeness (QED) is 0.324. The average molecular weight is 477 g/mol. The van der Waals surface area contributed by atoms with E-state index in [0.717, 1.165) is 18.2 Å². The van der Waals surface area contributed by atoms with Crippen molar-refractivity contribution in [2.24, 2.45) is 0 Å². The van der Waals surface area contributed by atoms with Gasteiger partial charge in [0.15, 0.2) is 0 Å². The first kappa shape index (κ1) is 23.3. The summed E-state index contributed by atoms with van der Waals surface area (Å²) in [5.74, 6) is -4.15. The molecule has 2 aromatic carbocycles. The Bertz CT molecular complexity index is 981. The molecule has 1 nitrogen and oxygen atoms in total. The van der Waals surface area contributed by atoms with Crippen molar-refractivity contribution in [1.29, 1.82) is 5.26 Å². The molecule has 0 bridgehead atoms. The molecular weight excluding hydrogens is 470 g/mol. The van der Waals surface area contributed by atoms with Gasteiger partial charge in [-0.3, -0.25) is 0 Å². The van der Waals surface area contributed by atoms with Crippen LogP contribution in [0.5, 0.6) is 0 Å². The molecule has 2 rings (SSSR count). The zero-order chi connectivity index (χ0) is 22.1. The number of hydrogen-bond acceptors (Lipinski definition) is 1. The second-order valence-corrected chi connectivity index (χ2v) is 6.89. The molecule has 1 unspecified atom stereocenters. The molecule has 154 valence electrons. The summed E-state index contributed by atoms with van der Waals surface area (Å²) in [5, 5.41) is 7.92. The van der Waals surface area contributed by atoms with E-state index >= 15 is 0 Å². The number of rotatable bonds is 3. The summed E-state index contributed by atoms with van der Waals surface area (Å²) < 4.78 is 94.0. The van der Waals surface area contributed by atoms with Gasteiger partial charge in [0.1, 0.15) is 11.7 Å². The standard InChI is InChI=1S/C18H7Cl3F7N/c19-13-4-10(5-14(20)16(13)21)12(18(26,27)28)6-15(22)8-1-2-9(7-29)11(3-8)17(23,24)25/h1-6,12H/b15-6-. The summed E-state index contributed by atoms with van der Waals surface area (Å²) in [5.41, 5.74) is -3.60. The molecule has 1 atom stereocenters. The van der Waals surface area contributed by atoms with Gasteiger partial charge in [-0.15, -0.1) is 0 Å². The van der Waals surface area contributed by atoms with E-state index < -0.39 is 46.4 Å². The fourth-order valence-corrected chi connectivity index (χ4v) is 3.01. The summed E-state index contributed by atoms with van der Waals surface area (Å²) in [6.07, 6.45) is -9.92. The van der Waals surface area contributed by atoms with Gasteiger partial charge in [-0.2, -0.15) is 31.6 Å². The predicted octanol–water partition coefficient (Wildman–Crippen LogP) is 8.19. The summed E-state index contributed by atoms with van der Waals surface area (Å²) >= 11 is 17.1. The minimum absolute atomic E-state index is 0.0947. The van der Waals surface area contributed by atoms with Gasteiger partial charge < -0.3 is 0 Å². The first-order valence-corrected chi connectivity index (χ1v) is 8.59. The first-order valence-electron chi connectivity index (χ1n) is 7.46. The van der Waals surface area contributed by atoms with E-state index in [2.05, 4.69) is 0 Å². The minimum Gasteiger partial charge on any atom is -0.207 e. The van der Waals surface area contributed by atoms with Gasteiger partial charge in [0.05, 0.1) is 32.3 Å². The lowest BCUT2D eigenvalue weighted by atomic mass is 9.95. The summed E-state index contributed by atoms with van der Waals surface area (Å²) in [4.78, 5) is 0. The lowest BCUT2D eigenvalue weighted by Crippen LogP contribution is -2.19. The van der Waals surface area contributed by atoms with Crippen molar-refractivity contribution in [3.8, 4) is 6.07 Å². The summed E-state index contributed by atoms with van der Waals surface area (Å²) in [6.45, 7) is 0. The maximum atomic E-state index is 14.5. The van der Waals surface area contributed by atoms with Crippen molar-refractivity contribution in [2.75, 3.05) is 0 Å². The Morgan fingerprint density at radius 1 is 0.966 bits per heavy atom. The molecule has 0 aliphatic rings. The van der Waals surface area contributed by atoms with Gasteiger partial charge in [-0.05, 0) is 35.9 Å². The van der Waals surface area contributed by atoms with Crippen molar-refractivity contribution < 1.29 is 30.7 Å². The third-order valence-corrected chi connectivity index (χ3v) is 4.95. The maximum Gasteiger partial charge on any atom is 0.417 e. The molecule has 0 saturated heterocycles. The van der Waals surface area contributed by atoms with E-state index in [-0.39, 0.29) is 27.2 Å². The van der Waals surface area contributed by atoms with Crippen LogP contribution < -0.4 is 0 Å². The Kier molecular flexibility index (Phi) is 6.78. The fraction of sp³-hybridized carbons (Fsp3) is 0.167. The maximum absolute atomic E-state index is 14.5. The number of benzene rings is 2. The Balaban J connectivity index is 2.60. The smallest absolute Gasteiger partial charge is 0.207 e. The van der Waals surface area contributed by atoms with Gasteiger partial charge in [0.25, 0.3) is 0 Å². The van der Waals surface area contributed by atoms with E-state index in [1.165, 1.54) is 6.07 Å². The van der Waals surface area contributed by atoms with E-state index in [1.54, 1.807) is 0 Å². The van der Waals surface area contributed by atoms with Crippen molar-refractivity contribution in [3.05, 3.63) is 73.7 Å².